The summed E-state index contributed by atoms with van der Waals surface area (Å²) in [5, 5.41) is 32.4. The molecule has 0 radical (unpaired) electrons. The van der Waals surface area contributed by atoms with Crippen LogP contribution in [0.2, 0.25) is 0 Å². The van der Waals surface area contributed by atoms with Crippen LogP contribution in [0.1, 0.15) is 5.56 Å². The van der Waals surface area contributed by atoms with Gasteiger partial charge in [0, 0.05) is 17.2 Å². The fourth-order valence-corrected chi connectivity index (χ4v) is 1.74. The van der Waals surface area contributed by atoms with Crippen LogP contribution in [0.25, 0.3) is 11.1 Å². The van der Waals surface area contributed by atoms with E-state index in [-0.39, 0.29) is 22.8 Å². The van der Waals surface area contributed by atoms with Gasteiger partial charge in [-0.15, -0.1) is 0 Å². The summed E-state index contributed by atoms with van der Waals surface area (Å²) >= 11 is 0. The quantitative estimate of drug-likeness (QED) is 0.432. The number of hydrogen-bond donors (Lipinski definition) is 5. The van der Waals surface area contributed by atoms with Gasteiger partial charge in [0.05, 0.1) is 6.21 Å². The van der Waals surface area contributed by atoms with Gasteiger partial charge in [0.1, 0.15) is 17.2 Å². The summed E-state index contributed by atoms with van der Waals surface area (Å²) in [6.45, 7) is 0. The van der Waals surface area contributed by atoms with Crippen LogP contribution in [-0.2, 0) is 0 Å². The highest BCUT2D eigenvalue weighted by atomic mass is 16.3. The highest BCUT2D eigenvalue weighted by Gasteiger charge is 2.09. The molecule has 0 bridgehead atoms. The smallest absolute Gasteiger partial charge is 0.332 e. The molecule has 7 heteroatoms. The Hall–Kier alpha value is -3.22. The Balaban J connectivity index is 2.40. The molecule has 0 saturated carbocycles. The van der Waals surface area contributed by atoms with Gasteiger partial charge in [-0.25, -0.2) is 10.2 Å². The van der Waals surface area contributed by atoms with E-state index in [1.54, 1.807) is 12.1 Å². The number of hydrazone groups is 1. The molecule has 0 aliphatic rings. The Morgan fingerprint density at radius 2 is 1.76 bits per heavy atom. The molecule has 0 heterocycles. The number of phenolic OH excluding ortho intramolecular Hbond substituents is 3. The van der Waals surface area contributed by atoms with Gasteiger partial charge in [0.25, 0.3) is 0 Å². The zero-order valence-corrected chi connectivity index (χ0v) is 10.8. The molecule has 0 fully saturated rings. The topological polar surface area (TPSA) is 128 Å². The molecule has 2 rings (SSSR count). The van der Waals surface area contributed by atoms with Gasteiger partial charge in [-0.2, -0.15) is 5.10 Å². The maximum Gasteiger partial charge on any atom is 0.332 e. The van der Waals surface area contributed by atoms with Gasteiger partial charge in [-0.1, -0.05) is 12.1 Å². The molecule has 2 aromatic carbocycles. The highest BCUT2D eigenvalue weighted by Crippen LogP contribution is 2.34. The van der Waals surface area contributed by atoms with Crippen LogP contribution in [0, 0.1) is 0 Å². The monoisotopic (exact) mass is 287 g/mol. The second-order valence-electron chi connectivity index (χ2n) is 4.21. The van der Waals surface area contributed by atoms with Crippen LogP contribution in [0.15, 0.2) is 41.5 Å². The number of nitrogens with one attached hydrogen (secondary N) is 1. The Morgan fingerprint density at radius 3 is 2.38 bits per heavy atom. The van der Waals surface area contributed by atoms with Crippen LogP contribution in [0.3, 0.4) is 0 Å². The number of phenols is 3. The first-order valence-electron chi connectivity index (χ1n) is 5.91. The zero-order valence-electron chi connectivity index (χ0n) is 10.8. The molecule has 0 saturated heterocycles. The van der Waals surface area contributed by atoms with Crippen LogP contribution in [-0.4, -0.2) is 27.6 Å². The SMILES string of the molecule is NC(=O)N/N=C/c1cc(-c2ccc(O)cc2)c(O)cc1O. The van der Waals surface area contributed by atoms with E-state index in [2.05, 4.69) is 5.10 Å². The standard InChI is InChI=1S/C14H13N3O4/c15-14(21)17-16-7-9-5-11(13(20)6-12(9)19)8-1-3-10(18)4-2-8/h1-7,18-20H,(H3,15,17,21)/b16-7+. The first-order valence-corrected chi connectivity index (χ1v) is 5.91. The molecule has 0 aliphatic carbocycles. The van der Waals surface area contributed by atoms with Crippen molar-refractivity contribution in [1.82, 2.24) is 5.43 Å². The van der Waals surface area contributed by atoms with Crippen molar-refractivity contribution in [3.63, 3.8) is 0 Å². The van der Waals surface area contributed by atoms with E-state index in [9.17, 15) is 20.1 Å². The molecular weight excluding hydrogens is 274 g/mol. The molecule has 0 aliphatic heterocycles. The number of benzene rings is 2. The number of rotatable bonds is 3. The third-order valence-corrected chi connectivity index (χ3v) is 2.70. The fourth-order valence-electron chi connectivity index (χ4n) is 1.74. The second kappa shape index (κ2) is 5.83. The van der Waals surface area contributed by atoms with Crippen LogP contribution in [0.5, 0.6) is 17.2 Å². The normalized spacial score (nSPS) is 10.7. The molecule has 6 N–H and O–H groups in total. The third kappa shape index (κ3) is 3.41. The second-order valence-corrected chi connectivity index (χ2v) is 4.21. The van der Waals surface area contributed by atoms with Crippen molar-refractivity contribution in [2.45, 2.75) is 0 Å². The number of hydrogen-bond acceptors (Lipinski definition) is 5. The minimum absolute atomic E-state index is 0.101. The molecule has 2 amide bonds. The lowest BCUT2D eigenvalue weighted by Crippen LogP contribution is -2.24. The van der Waals surface area contributed by atoms with E-state index in [4.69, 9.17) is 5.73 Å². The average Bonchev–Trinajstić information content (AvgIpc) is 2.42. The number of nitrogens with zero attached hydrogens (tertiary/aromatic N) is 1. The van der Waals surface area contributed by atoms with Crippen molar-refractivity contribution in [3.05, 3.63) is 42.0 Å². The lowest BCUT2D eigenvalue weighted by molar-refractivity contribution is 0.249. The molecule has 0 atom stereocenters. The Morgan fingerprint density at radius 1 is 1.10 bits per heavy atom. The minimum atomic E-state index is -0.830. The molecule has 0 aromatic heterocycles. The van der Waals surface area contributed by atoms with Crippen molar-refractivity contribution in [1.29, 1.82) is 0 Å². The molecule has 2 aromatic rings. The maximum atomic E-state index is 10.5. The first-order chi connectivity index (χ1) is 9.97. The van der Waals surface area contributed by atoms with Gasteiger partial charge in [0.2, 0.25) is 0 Å². The van der Waals surface area contributed by atoms with E-state index in [0.717, 1.165) is 6.07 Å². The average molecular weight is 287 g/mol. The summed E-state index contributed by atoms with van der Waals surface area (Å²) in [7, 11) is 0. The summed E-state index contributed by atoms with van der Waals surface area (Å²) in [6.07, 6.45) is 1.20. The van der Waals surface area contributed by atoms with Crippen LogP contribution in [0.4, 0.5) is 4.79 Å². The highest BCUT2D eigenvalue weighted by molar-refractivity contribution is 5.88. The Labute approximate surface area is 120 Å². The van der Waals surface area contributed by atoms with Gasteiger partial charge < -0.3 is 21.1 Å². The molecular formula is C14H13N3O4. The number of primary amides is 1. The van der Waals surface area contributed by atoms with Crippen molar-refractivity contribution < 1.29 is 20.1 Å². The third-order valence-electron chi connectivity index (χ3n) is 2.70. The number of carbonyl (C=O) groups excluding carboxylic acids is 1. The van der Waals surface area contributed by atoms with Crippen molar-refractivity contribution in [2.75, 3.05) is 0 Å². The summed E-state index contributed by atoms with van der Waals surface area (Å²) < 4.78 is 0. The lowest BCUT2D eigenvalue weighted by atomic mass is 10.0. The minimum Gasteiger partial charge on any atom is -0.508 e. The summed E-state index contributed by atoms with van der Waals surface area (Å²) in [6, 6.07) is 8.00. The number of urea groups is 1. The maximum absolute atomic E-state index is 10.5. The van der Waals surface area contributed by atoms with E-state index in [1.165, 1.54) is 24.4 Å². The molecule has 21 heavy (non-hydrogen) atoms. The first kappa shape index (κ1) is 14.2. The Kier molecular flexibility index (Phi) is 3.94. The van der Waals surface area contributed by atoms with Gasteiger partial charge in [0.15, 0.2) is 0 Å². The number of amides is 2. The molecule has 0 spiro atoms. The number of aromatic hydroxyl groups is 3. The zero-order chi connectivity index (χ0) is 15.4. The van der Waals surface area contributed by atoms with Crippen molar-refractivity contribution >= 4 is 12.2 Å². The predicted molar refractivity (Wildman–Crippen MR) is 77.2 cm³/mol. The van der Waals surface area contributed by atoms with Gasteiger partial charge in [-0.3, -0.25) is 0 Å². The summed E-state index contributed by atoms with van der Waals surface area (Å²) in [4.78, 5) is 10.5. The molecule has 108 valence electrons. The lowest BCUT2D eigenvalue weighted by Gasteiger charge is -2.08. The van der Waals surface area contributed by atoms with Gasteiger partial charge >= 0.3 is 6.03 Å². The summed E-state index contributed by atoms with van der Waals surface area (Å²) in [5.74, 6) is -0.229. The molecule has 0 unspecified atom stereocenters. The van der Waals surface area contributed by atoms with Crippen molar-refractivity contribution in [3.8, 4) is 28.4 Å². The number of carbonyl (C=O) groups is 1. The van der Waals surface area contributed by atoms with Gasteiger partial charge in [-0.05, 0) is 23.8 Å². The van der Waals surface area contributed by atoms with Crippen molar-refractivity contribution in [2.24, 2.45) is 10.8 Å². The largest absolute Gasteiger partial charge is 0.508 e. The Bertz CT molecular complexity index is 696. The molecule has 7 nitrogen and oxygen atoms in total. The van der Waals surface area contributed by atoms with E-state index >= 15 is 0 Å². The fraction of sp³-hybridized carbons (Fsp3) is 0. The number of nitrogens with two attached hydrogens (primary N) is 1. The van der Waals surface area contributed by atoms with E-state index in [1.807, 2.05) is 5.43 Å². The van der Waals surface area contributed by atoms with Crippen LogP contribution >= 0.6 is 0 Å². The van der Waals surface area contributed by atoms with E-state index < -0.39 is 6.03 Å². The summed E-state index contributed by atoms with van der Waals surface area (Å²) in [5.41, 5.74) is 8.23. The van der Waals surface area contributed by atoms with E-state index in [0.29, 0.717) is 11.1 Å². The van der Waals surface area contributed by atoms with Crippen LogP contribution < -0.4 is 11.2 Å². The predicted octanol–water partition coefficient (Wildman–Crippen LogP) is 1.47.